The molecule has 2 heterocycles. The van der Waals surface area contributed by atoms with E-state index in [1.165, 1.54) is 29.0 Å². The van der Waals surface area contributed by atoms with E-state index >= 15 is 0 Å². The number of aryl methyl sites for hydroxylation is 1. The SMILES string of the molecule is CCCNCC1CCCOC1c1ccc(CC)s1. The molecule has 0 aliphatic carbocycles. The number of rotatable bonds is 6. The van der Waals surface area contributed by atoms with E-state index in [1.54, 1.807) is 0 Å². The van der Waals surface area contributed by atoms with Gasteiger partial charge in [-0.2, -0.15) is 0 Å². The predicted octanol–water partition coefficient (Wildman–Crippen LogP) is 3.78. The summed E-state index contributed by atoms with van der Waals surface area (Å²) in [6.07, 6.45) is 5.17. The molecule has 0 aromatic carbocycles. The third-order valence-electron chi connectivity index (χ3n) is 3.59. The molecular formula is C15H25NOS. The van der Waals surface area contributed by atoms with Gasteiger partial charge in [0.25, 0.3) is 0 Å². The molecule has 1 N–H and O–H groups in total. The molecule has 2 atom stereocenters. The Bertz CT molecular complexity index is 350. The van der Waals surface area contributed by atoms with Gasteiger partial charge < -0.3 is 10.1 Å². The Morgan fingerprint density at radius 1 is 1.39 bits per heavy atom. The van der Waals surface area contributed by atoms with E-state index in [2.05, 4.69) is 31.3 Å². The van der Waals surface area contributed by atoms with E-state index in [1.807, 2.05) is 11.3 Å². The van der Waals surface area contributed by atoms with Crippen molar-refractivity contribution in [3.05, 3.63) is 21.9 Å². The fourth-order valence-corrected chi connectivity index (χ4v) is 3.66. The molecule has 18 heavy (non-hydrogen) atoms. The molecule has 2 unspecified atom stereocenters. The number of ether oxygens (including phenoxy) is 1. The van der Waals surface area contributed by atoms with Crippen molar-refractivity contribution in [3.8, 4) is 0 Å². The van der Waals surface area contributed by atoms with E-state index in [9.17, 15) is 0 Å². The fourth-order valence-electron chi connectivity index (χ4n) is 2.57. The summed E-state index contributed by atoms with van der Waals surface area (Å²) in [5, 5.41) is 3.55. The largest absolute Gasteiger partial charge is 0.372 e. The summed E-state index contributed by atoms with van der Waals surface area (Å²) in [4.78, 5) is 2.90. The van der Waals surface area contributed by atoms with Gasteiger partial charge in [0.05, 0.1) is 6.10 Å². The van der Waals surface area contributed by atoms with E-state index in [4.69, 9.17) is 4.74 Å². The van der Waals surface area contributed by atoms with Crippen molar-refractivity contribution in [3.63, 3.8) is 0 Å². The van der Waals surface area contributed by atoms with Gasteiger partial charge in [-0.05, 0) is 44.4 Å². The molecular weight excluding hydrogens is 242 g/mol. The van der Waals surface area contributed by atoms with Gasteiger partial charge in [-0.1, -0.05) is 13.8 Å². The van der Waals surface area contributed by atoms with Crippen molar-refractivity contribution in [2.45, 2.75) is 45.6 Å². The first-order valence-electron chi connectivity index (χ1n) is 7.26. The van der Waals surface area contributed by atoms with Crippen LogP contribution in [0.1, 0.15) is 49.0 Å². The first-order valence-corrected chi connectivity index (χ1v) is 8.07. The standard InChI is InChI=1S/C15H25NOS/c1-3-9-16-11-12-6-5-10-17-15(12)14-8-7-13(4-2)18-14/h7-8,12,15-16H,3-6,9-11H2,1-2H3. The summed E-state index contributed by atoms with van der Waals surface area (Å²) in [7, 11) is 0. The average Bonchev–Trinajstić information content (AvgIpc) is 2.88. The molecule has 2 nitrogen and oxygen atoms in total. The molecule has 2 rings (SSSR count). The maximum atomic E-state index is 6.04. The van der Waals surface area contributed by atoms with Crippen LogP contribution in [0.5, 0.6) is 0 Å². The molecule has 0 amide bonds. The predicted molar refractivity (Wildman–Crippen MR) is 78.3 cm³/mol. The average molecular weight is 267 g/mol. The van der Waals surface area contributed by atoms with Crippen molar-refractivity contribution in [2.24, 2.45) is 5.92 Å². The zero-order valence-corrected chi connectivity index (χ0v) is 12.4. The van der Waals surface area contributed by atoms with E-state index in [0.717, 1.165) is 26.1 Å². The second-order valence-electron chi connectivity index (χ2n) is 5.06. The highest BCUT2D eigenvalue weighted by atomic mass is 32.1. The van der Waals surface area contributed by atoms with Gasteiger partial charge in [-0.15, -0.1) is 11.3 Å². The van der Waals surface area contributed by atoms with E-state index < -0.39 is 0 Å². The quantitative estimate of drug-likeness (QED) is 0.792. The third-order valence-corrected chi connectivity index (χ3v) is 4.88. The molecule has 3 heteroatoms. The van der Waals surface area contributed by atoms with Crippen LogP contribution in [-0.4, -0.2) is 19.7 Å². The van der Waals surface area contributed by atoms with Crippen molar-refractivity contribution in [1.82, 2.24) is 5.32 Å². The molecule has 1 aromatic heterocycles. The summed E-state index contributed by atoms with van der Waals surface area (Å²) in [5.41, 5.74) is 0. The maximum absolute atomic E-state index is 6.04. The van der Waals surface area contributed by atoms with Crippen LogP contribution in [0.4, 0.5) is 0 Å². The van der Waals surface area contributed by atoms with Crippen molar-refractivity contribution < 1.29 is 4.74 Å². The second kappa shape index (κ2) is 7.27. The second-order valence-corrected chi connectivity index (χ2v) is 6.26. The number of hydrogen-bond donors (Lipinski definition) is 1. The molecule has 102 valence electrons. The lowest BCUT2D eigenvalue weighted by Crippen LogP contribution is -2.31. The monoisotopic (exact) mass is 267 g/mol. The van der Waals surface area contributed by atoms with E-state index in [0.29, 0.717) is 12.0 Å². The Kier molecular flexibility index (Phi) is 5.67. The Labute approximate surface area is 115 Å². The van der Waals surface area contributed by atoms with Crippen molar-refractivity contribution in [2.75, 3.05) is 19.7 Å². The van der Waals surface area contributed by atoms with Crippen LogP contribution < -0.4 is 5.32 Å². The fraction of sp³-hybridized carbons (Fsp3) is 0.733. The summed E-state index contributed by atoms with van der Waals surface area (Å²) in [6.45, 7) is 7.58. The van der Waals surface area contributed by atoms with Crippen LogP contribution in [-0.2, 0) is 11.2 Å². The van der Waals surface area contributed by atoms with Gasteiger partial charge in [0.2, 0.25) is 0 Å². The highest BCUT2D eigenvalue weighted by molar-refractivity contribution is 7.12. The molecule has 0 saturated carbocycles. The summed E-state index contributed by atoms with van der Waals surface area (Å²) in [6, 6.07) is 4.53. The van der Waals surface area contributed by atoms with Gasteiger partial charge in [0.15, 0.2) is 0 Å². The van der Waals surface area contributed by atoms with Crippen LogP contribution in [0.25, 0.3) is 0 Å². The lowest BCUT2D eigenvalue weighted by Gasteiger charge is -2.31. The summed E-state index contributed by atoms with van der Waals surface area (Å²) >= 11 is 1.93. The van der Waals surface area contributed by atoms with Crippen LogP contribution in [0.2, 0.25) is 0 Å². The van der Waals surface area contributed by atoms with Gasteiger partial charge >= 0.3 is 0 Å². The molecule has 1 aliphatic rings. The molecule has 0 bridgehead atoms. The number of thiophene rings is 1. The minimum absolute atomic E-state index is 0.327. The van der Waals surface area contributed by atoms with Crippen molar-refractivity contribution in [1.29, 1.82) is 0 Å². The third kappa shape index (κ3) is 3.56. The molecule has 1 saturated heterocycles. The molecule has 1 aromatic rings. The van der Waals surface area contributed by atoms with Crippen LogP contribution >= 0.6 is 11.3 Å². The van der Waals surface area contributed by atoms with Crippen molar-refractivity contribution >= 4 is 11.3 Å². The highest BCUT2D eigenvalue weighted by Gasteiger charge is 2.28. The first kappa shape index (κ1) is 14.0. The van der Waals surface area contributed by atoms with Gasteiger partial charge in [-0.3, -0.25) is 0 Å². The Morgan fingerprint density at radius 2 is 2.28 bits per heavy atom. The summed E-state index contributed by atoms with van der Waals surface area (Å²) < 4.78 is 6.04. The topological polar surface area (TPSA) is 21.3 Å². The summed E-state index contributed by atoms with van der Waals surface area (Å²) in [5.74, 6) is 0.647. The minimum Gasteiger partial charge on any atom is -0.372 e. The van der Waals surface area contributed by atoms with Crippen LogP contribution in [0.15, 0.2) is 12.1 Å². The molecule has 1 fully saturated rings. The Morgan fingerprint density at radius 3 is 3.00 bits per heavy atom. The molecule has 0 radical (unpaired) electrons. The Hall–Kier alpha value is -0.380. The lowest BCUT2D eigenvalue weighted by molar-refractivity contribution is -0.0255. The molecule has 0 spiro atoms. The van der Waals surface area contributed by atoms with Gasteiger partial charge in [-0.25, -0.2) is 0 Å². The lowest BCUT2D eigenvalue weighted by atomic mass is 9.93. The number of nitrogens with one attached hydrogen (secondary N) is 1. The minimum atomic E-state index is 0.327. The maximum Gasteiger partial charge on any atom is 0.0956 e. The smallest absolute Gasteiger partial charge is 0.0956 e. The zero-order valence-electron chi connectivity index (χ0n) is 11.6. The highest BCUT2D eigenvalue weighted by Crippen LogP contribution is 2.36. The van der Waals surface area contributed by atoms with Gasteiger partial charge in [0, 0.05) is 28.8 Å². The van der Waals surface area contributed by atoms with Crippen LogP contribution in [0, 0.1) is 5.92 Å². The van der Waals surface area contributed by atoms with Crippen LogP contribution in [0.3, 0.4) is 0 Å². The van der Waals surface area contributed by atoms with E-state index in [-0.39, 0.29) is 0 Å². The Balaban J connectivity index is 1.98. The normalized spacial score (nSPS) is 24.3. The molecule has 1 aliphatic heterocycles. The van der Waals surface area contributed by atoms with Gasteiger partial charge in [0.1, 0.15) is 0 Å². The first-order chi connectivity index (χ1) is 8.85. The number of hydrogen-bond acceptors (Lipinski definition) is 3. The zero-order chi connectivity index (χ0) is 12.8.